The number of aliphatic carboxylic acids is 1. The van der Waals surface area contributed by atoms with Gasteiger partial charge in [0.15, 0.2) is 0 Å². The van der Waals surface area contributed by atoms with Crippen LogP contribution in [0.15, 0.2) is 0 Å². The fourth-order valence-electron chi connectivity index (χ4n) is 3.45. The van der Waals surface area contributed by atoms with Gasteiger partial charge in [-0.1, -0.05) is 12.8 Å². The lowest BCUT2D eigenvalue weighted by Gasteiger charge is -2.39. The van der Waals surface area contributed by atoms with Gasteiger partial charge in [0, 0.05) is 25.2 Å². The minimum absolute atomic E-state index is 0.0872. The molecule has 1 aliphatic carbocycles. The molecule has 0 bridgehead atoms. The van der Waals surface area contributed by atoms with Crippen LogP contribution < -0.4 is 0 Å². The van der Waals surface area contributed by atoms with Crippen molar-refractivity contribution in [2.75, 3.05) is 33.7 Å². The molecule has 0 spiro atoms. The number of piperidine rings is 1. The molecule has 1 N–H and O–H groups in total. The summed E-state index contributed by atoms with van der Waals surface area (Å²) in [6.45, 7) is 1.27. The van der Waals surface area contributed by atoms with E-state index in [0.717, 1.165) is 45.1 Å². The standard InChI is InChI=1S/C15H27N3O3/c1-16(2)13-8-5-9-17(10-13)15(21)18(11-14(19)20)12-6-3-4-7-12/h12-13H,3-11H2,1-2H3,(H,19,20). The number of carbonyl (C=O) groups excluding carboxylic acids is 1. The smallest absolute Gasteiger partial charge is 0.323 e. The van der Waals surface area contributed by atoms with Crippen LogP contribution in [0.25, 0.3) is 0 Å². The summed E-state index contributed by atoms with van der Waals surface area (Å²) in [5.41, 5.74) is 0. The Morgan fingerprint density at radius 3 is 2.29 bits per heavy atom. The monoisotopic (exact) mass is 297 g/mol. The largest absolute Gasteiger partial charge is 0.480 e. The Kier molecular flexibility index (Phi) is 5.45. The average Bonchev–Trinajstić information content (AvgIpc) is 2.98. The first-order chi connectivity index (χ1) is 9.99. The lowest BCUT2D eigenvalue weighted by atomic mass is 10.1. The zero-order chi connectivity index (χ0) is 15.4. The number of amides is 2. The molecule has 6 heteroatoms. The van der Waals surface area contributed by atoms with Crippen LogP contribution in [-0.4, -0.2) is 77.6 Å². The molecule has 1 saturated heterocycles. The van der Waals surface area contributed by atoms with Crippen molar-refractivity contribution in [3.63, 3.8) is 0 Å². The zero-order valence-electron chi connectivity index (χ0n) is 13.1. The van der Waals surface area contributed by atoms with Crippen LogP contribution in [0, 0.1) is 0 Å². The number of rotatable bonds is 4. The van der Waals surface area contributed by atoms with Gasteiger partial charge in [-0.05, 0) is 39.8 Å². The number of carbonyl (C=O) groups is 2. The van der Waals surface area contributed by atoms with Gasteiger partial charge in [0.05, 0.1) is 0 Å². The maximum absolute atomic E-state index is 12.8. The number of likely N-dealkylation sites (N-methyl/N-ethyl adjacent to an activating group) is 1. The summed E-state index contributed by atoms with van der Waals surface area (Å²) in [6.07, 6.45) is 6.13. The van der Waals surface area contributed by atoms with E-state index in [1.54, 1.807) is 4.90 Å². The zero-order valence-corrected chi connectivity index (χ0v) is 13.1. The molecule has 0 aromatic rings. The van der Waals surface area contributed by atoms with E-state index in [4.69, 9.17) is 5.11 Å². The molecule has 6 nitrogen and oxygen atoms in total. The second kappa shape index (κ2) is 7.11. The number of hydrogen-bond donors (Lipinski definition) is 1. The van der Waals surface area contributed by atoms with Crippen molar-refractivity contribution in [1.82, 2.24) is 14.7 Å². The van der Waals surface area contributed by atoms with Crippen molar-refractivity contribution in [3.8, 4) is 0 Å². The van der Waals surface area contributed by atoms with E-state index >= 15 is 0 Å². The predicted octanol–water partition coefficient (Wildman–Crippen LogP) is 1.46. The number of urea groups is 1. The maximum Gasteiger partial charge on any atom is 0.323 e. The van der Waals surface area contributed by atoms with E-state index in [0.29, 0.717) is 12.6 Å². The Morgan fingerprint density at radius 2 is 1.71 bits per heavy atom. The van der Waals surface area contributed by atoms with E-state index in [1.165, 1.54) is 0 Å². The number of likely N-dealkylation sites (tertiary alicyclic amines) is 1. The maximum atomic E-state index is 12.8. The van der Waals surface area contributed by atoms with Gasteiger partial charge in [0.1, 0.15) is 6.54 Å². The Balaban J connectivity index is 2.04. The highest BCUT2D eigenvalue weighted by molar-refractivity contribution is 5.80. The van der Waals surface area contributed by atoms with Crippen molar-refractivity contribution in [2.24, 2.45) is 0 Å². The van der Waals surface area contributed by atoms with Crippen LogP contribution in [0.3, 0.4) is 0 Å². The SMILES string of the molecule is CN(C)C1CCCN(C(=O)N(CC(=O)O)C2CCCC2)C1. The predicted molar refractivity (Wildman–Crippen MR) is 80.3 cm³/mol. The third-order valence-corrected chi connectivity index (χ3v) is 4.71. The third-order valence-electron chi connectivity index (χ3n) is 4.71. The van der Waals surface area contributed by atoms with Crippen LogP contribution >= 0.6 is 0 Å². The molecule has 0 aromatic heterocycles. The topological polar surface area (TPSA) is 64.1 Å². The Morgan fingerprint density at radius 1 is 1.10 bits per heavy atom. The van der Waals surface area contributed by atoms with E-state index in [1.807, 2.05) is 19.0 Å². The van der Waals surface area contributed by atoms with Crippen molar-refractivity contribution in [2.45, 2.75) is 50.6 Å². The van der Waals surface area contributed by atoms with Gasteiger partial charge < -0.3 is 19.8 Å². The van der Waals surface area contributed by atoms with Gasteiger partial charge in [-0.3, -0.25) is 4.79 Å². The number of carboxylic acids is 1. The van der Waals surface area contributed by atoms with E-state index in [-0.39, 0.29) is 18.6 Å². The molecular weight excluding hydrogens is 270 g/mol. The summed E-state index contributed by atoms with van der Waals surface area (Å²) in [7, 11) is 4.06. The minimum atomic E-state index is -0.920. The minimum Gasteiger partial charge on any atom is -0.480 e. The van der Waals surface area contributed by atoms with Gasteiger partial charge in [-0.15, -0.1) is 0 Å². The molecule has 2 fully saturated rings. The molecule has 120 valence electrons. The molecule has 1 atom stereocenters. The van der Waals surface area contributed by atoms with Gasteiger partial charge in [0.25, 0.3) is 0 Å². The van der Waals surface area contributed by atoms with Gasteiger partial charge in [0.2, 0.25) is 0 Å². The lowest BCUT2D eigenvalue weighted by Crippen LogP contribution is -2.54. The first kappa shape index (κ1) is 16.1. The fourth-order valence-corrected chi connectivity index (χ4v) is 3.45. The van der Waals surface area contributed by atoms with Crippen LogP contribution in [-0.2, 0) is 4.79 Å². The molecular formula is C15H27N3O3. The van der Waals surface area contributed by atoms with Gasteiger partial charge in [-0.2, -0.15) is 0 Å². The summed E-state index contributed by atoms with van der Waals surface area (Å²) < 4.78 is 0. The fraction of sp³-hybridized carbons (Fsp3) is 0.867. The van der Waals surface area contributed by atoms with Gasteiger partial charge in [-0.25, -0.2) is 4.79 Å². The molecule has 1 unspecified atom stereocenters. The van der Waals surface area contributed by atoms with Crippen molar-refractivity contribution < 1.29 is 14.7 Å². The quantitative estimate of drug-likeness (QED) is 0.853. The number of nitrogens with zero attached hydrogens (tertiary/aromatic N) is 3. The highest BCUT2D eigenvalue weighted by Crippen LogP contribution is 2.25. The van der Waals surface area contributed by atoms with Crippen molar-refractivity contribution in [1.29, 1.82) is 0 Å². The van der Waals surface area contributed by atoms with Gasteiger partial charge >= 0.3 is 12.0 Å². The van der Waals surface area contributed by atoms with Crippen LogP contribution in [0.2, 0.25) is 0 Å². The van der Waals surface area contributed by atoms with Crippen LogP contribution in [0.4, 0.5) is 4.79 Å². The summed E-state index contributed by atoms with van der Waals surface area (Å²) in [6, 6.07) is 0.391. The summed E-state index contributed by atoms with van der Waals surface area (Å²) >= 11 is 0. The molecule has 1 aliphatic heterocycles. The van der Waals surface area contributed by atoms with Crippen LogP contribution in [0.5, 0.6) is 0 Å². The Labute approximate surface area is 126 Å². The lowest BCUT2D eigenvalue weighted by molar-refractivity contribution is -0.138. The number of hydrogen-bond acceptors (Lipinski definition) is 3. The third kappa shape index (κ3) is 4.09. The summed E-state index contributed by atoms with van der Waals surface area (Å²) in [4.78, 5) is 29.4. The average molecular weight is 297 g/mol. The highest BCUT2D eigenvalue weighted by atomic mass is 16.4. The van der Waals surface area contributed by atoms with Crippen molar-refractivity contribution in [3.05, 3.63) is 0 Å². The molecule has 1 heterocycles. The molecule has 0 aromatic carbocycles. The summed E-state index contributed by atoms with van der Waals surface area (Å²) in [5, 5.41) is 9.11. The Bertz CT molecular complexity index is 380. The first-order valence-corrected chi connectivity index (χ1v) is 7.93. The van der Waals surface area contributed by atoms with E-state index < -0.39 is 5.97 Å². The first-order valence-electron chi connectivity index (χ1n) is 7.93. The van der Waals surface area contributed by atoms with Crippen LogP contribution in [0.1, 0.15) is 38.5 Å². The molecule has 2 aliphatic rings. The molecule has 2 amide bonds. The van der Waals surface area contributed by atoms with E-state index in [9.17, 15) is 9.59 Å². The normalized spacial score (nSPS) is 23.6. The highest BCUT2D eigenvalue weighted by Gasteiger charge is 2.33. The number of carboxylic acid groups (broad SMARTS) is 1. The summed E-state index contributed by atoms with van der Waals surface area (Å²) in [5.74, 6) is -0.920. The molecule has 2 rings (SSSR count). The molecule has 1 saturated carbocycles. The second-order valence-corrected chi connectivity index (χ2v) is 6.45. The van der Waals surface area contributed by atoms with E-state index in [2.05, 4.69) is 4.90 Å². The molecule has 21 heavy (non-hydrogen) atoms. The molecule has 0 radical (unpaired) electrons. The Hall–Kier alpha value is -1.30. The second-order valence-electron chi connectivity index (χ2n) is 6.45. The van der Waals surface area contributed by atoms with Crippen molar-refractivity contribution >= 4 is 12.0 Å².